The highest BCUT2D eigenvalue weighted by molar-refractivity contribution is 7.90. The van der Waals surface area contributed by atoms with E-state index >= 15 is 0 Å². The molecular formula is C23H18N4O4S. The topological polar surface area (TPSA) is 105 Å². The summed E-state index contributed by atoms with van der Waals surface area (Å²) >= 11 is 0. The minimum atomic E-state index is -3.61. The van der Waals surface area contributed by atoms with Crippen molar-refractivity contribution in [3.05, 3.63) is 84.6 Å². The molecule has 2 aliphatic rings. The third-order valence-corrected chi connectivity index (χ3v) is 6.18. The molecular weight excluding hydrogens is 428 g/mol. The van der Waals surface area contributed by atoms with Crippen LogP contribution >= 0.6 is 0 Å². The first-order valence-corrected chi connectivity index (χ1v) is 11.5. The van der Waals surface area contributed by atoms with Crippen LogP contribution in [0.2, 0.25) is 0 Å². The highest BCUT2D eigenvalue weighted by atomic mass is 32.2. The van der Waals surface area contributed by atoms with Crippen LogP contribution in [0.25, 0.3) is 22.6 Å². The van der Waals surface area contributed by atoms with Gasteiger partial charge in [-0.3, -0.25) is 10.1 Å². The van der Waals surface area contributed by atoms with Crippen LogP contribution in [-0.4, -0.2) is 42.3 Å². The number of amides is 1. The number of hydrogen-bond acceptors (Lipinski definition) is 6. The van der Waals surface area contributed by atoms with Gasteiger partial charge in [-0.25, -0.2) is 8.42 Å². The normalized spacial score (nSPS) is 16.7. The fourth-order valence-corrected chi connectivity index (χ4v) is 4.49. The predicted octanol–water partition coefficient (Wildman–Crippen LogP) is 3.44. The summed E-state index contributed by atoms with van der Waals surface area (Å²) < 4.78 is 33.6. The van der Waals surface area contributed by atoms with E-state index in [1.165, 1.54) is 6.08 Å². The summed E-state index contributed by atoms with van der Waals surface area (Å²) in [6, 6.07) is 19.0. The number of anilines is 1. The lowest BCUT2D eigenvalue weighted by Crippen LogP contribution is -2.40. The lowest BCUT2D eigenvalue weighted by Gasteiger charge is -2.28. The molecule has 2 aromatic carbocycles. The van der Waals surface area contributed by atoms with Crippen molar-refractivity contribution in [2.75, 3.05) is 17.6 Å². The van der Waals surface area contributed by atoms with Crippen LogP contribution in [0.3, 0.4) is 0 Å². The second-order valence-electron chi connectivity index (χ2n) is 7.20. The zero-order valence-electron chi connectivity index (χ0n) is 16.8. The molecule has 32 heavy (non-hydrogen) atoms. The van der Waals surface area contributed by atoms with E-state index in [9.17, 15) is 13.2 Å². The van der Waals surface area contributed by atoms with Crippen molar-refractivity contribution in [2.45, 2.75) is 0 Å². The van der Waals surface area contributed by atoms with Crippen molar-refractivity contribution in [1.82, 2.24) is 9.88 Å². The summed E-state index contributed by atoms with van der Waals surface area (Å²) in [5.74, 6) is -0.0510. The molecule has 1 aromatic heterocycles. The monoisotopic (exact) mass is 446 g/mol. The van der Waals surface area contributed by atoms with Gasteiger partial charge in [-0.05, 0) is 12.2 Å². The fraction of sp³-hybridized carbons (Fsp3) is 0.0870. The average Bonchev–Trinajstić information content (AvgIpc) is 3.23. The molecule has 0 radical (unpaired) electrons. The van der Waals surface area contributed by atoms with Crippen LogP contribution in [0.1, 0.15) is 0 Å². The van der Waals surface area contributed by atoms with Crippen LogP contribution in [0.4, 0.5) is 6.01 Å². The minimum Gasteiger partial charge on any atom is -0.423 e. The number of aromatic nitrogens is 1. The van der Waals surface area contributed by atoms with E-state index in [0.29, 0.717) is 11.5 Å². The van der Waals surface area contributed by atoms with Crippen LogP contribution in [-0.2, 0) is 14.8 Å². The van der Waals surface area contributed by atoms with Crippen LogP contribution < -0.4 is 5.32 Å². The van der Waals surface area contributed by atoms with E-state index in [1.54, 1.807) is 17.2 Å². The van der Waals surface area contributed by atoms with Gasteiger partial charge in [0, 0.05) is 23.9 Å². The number of rotatable bonds is 4. The standard InChI is InChI=1S/C23H18N4O4S/c28-22(18-12-7-13-27-14-15-32(29,30)26-21(18)27)25-23-24-19(16-8-3-1-4-9-16)20(31-23)17-10-5-2-6-11-17/h1-13H,14-15H2,(H,24,25,28). The van der Waals surface area contributed by atoms with E-state index in [-0.39, 0.29) is 29.7 Å². The zero-order valence-corrected chi connectivity index (χ0v) is 17.6. The quantitative estimate of drug-likeness (QED) is 0.658. The lowest BCUT2D eigenvalue weighted by molar-refractivity contribution is -0.112. The molecule has 0 fully saturated rings. The third kappa shape index (κ3) is 3.85. The summed E-state index contributed by atoms with van der Waals surface area (Å²) in [6.07, 6.45) is 4.88. The van der Waals surface area contributed by atoms with Crippen molar-refractivity contribution in [3.8, 4) is 22.6 Å². The number of fused-ring (bicyclic) bond motifs is 1. The molecule has 2 aliphatic heterocycles. The Kier molecular flexibility index (Phi) is 4.95. The number of carbonyl (C=O) groups excluding carboxylic acids is 1. The van der Waals surface area contributed by atoms with Crippen molar-refractivity contribution in [3.63, 3.8) is 0 Å². The van der Waals surface area contributed by atoms with Gasteiger partial charge >= 0.3 is 6.01 Å². The van der Waals surface area contributed by atoms with Crippen molar-refractivity contribution >= 4 is 27.8 Å². The molecule has 5 rings (SSSR count). The summed E-state index contributed by atoms with van der Waals surface area (Å²) in [6.45, 7) is 0.234. The zero-order chi connectivity index (χ0) is 22.1. The number of nitrogens with zero attached hydrogens (tertiary/aromatic N) is 3. The highest BCUT2D eigenvalue weighted by Gasteiger charge is 2.30. The van der Waals surface area contributed by atoms with Crippen LogP contribution in [0.15, 0.2) is 93.4 Å². The maximum Gasteiger partial charge on any atom is 0.302 e. The number of nitrogens with one attached hydrogen (secondary N) is 1. The molecule has 1 N–H and O–H groups in total. The van der Waals surface area contributed by atoms with Gasteiger partial charge in [0.15, 0.2) is 11.6 Å². The maximum absolute atomic E-state index is 13.0. The highest BCUT2D eigenvalue weighted by Crippen LogP contribution is 2.34. The van der Waals surface area contributed by atoms with Crippen molar-refractivity contribution in [2.24, 2.45) is 4.40 Å². The molecule has 9 heteroatoms. The molecule has 0 spiro atoms. The average molecular weight is 446 g/mol. The minimum absolute atomic E-state index is 0.00831. The Morgan fingerprint density at radius 3 is 2.41 bits per heavy atom. The molecule has 0 aliphatic carbocycles. The molecule has 8 nitrogen and oxygen atoms in total. The number of benzene rings is 2. The van der Waals surface area contributed by atoms with E-state index in [0.717, 1.165) is 11.1 Å². The molecule has 0 bridgehead atoms. The second kappa shape index (κ2) is 7.93. The Bertz CT molecular complexity index is 1320. The van der Waals surface area contributed by atoms with E-state index < -0.39 is 15.9 Å². The number of allylic oxidation sites excluding steroid dienone is 2. The second-order valence-corrected chi connectivity index (χ2v) is 8.95. The Morgan fingerprint density at radius 1 is 1.00 bits per heavy atom. The lowest BCUT2D eigenvalue weighted by atomic mass is 10.1. The van der Waals surface area contributed by atoms with Gasteiger partial charge in [-0.1, -0.05) is 60.7 Å². The summed E-state index contributed by atoms with van der Waals surface area (Å²) in [7, 11) is -3.61. The molecule has 0 saturated heterocycles. The van der Waals surface area contributed by atoms with Gasteiger partial charge in [-0.2, -0.15) is 4.98 Å². The van der Waals surface area contributed by atoms with Gasteiger partial charge in [0.25, 0.3) is 15.9 Å². The van der Waals surface area contributed by atoms with Crippen LogP contribution in [0.5, 0.6) is 0 Å². The van der Waals surface area contributed by atoms with Gasteiger partial charge < -0.3 is 9.32 Å². The number of carbonyl (C=O) groups is 1. The Morgan fingerprint density at radius 2 is 1.69 bits per heavy atom. The molecule has 0 unspecified atom stereocenters. The first-order valence-electron chi connectivity index (χ1n) is 9.91. The van der Waals surface area contributed by atoms with E-state index in [2.05, 4.69) is 14.7 Å². The third-order valence-electron chi connectivity index (χ3n) is 5.03. The summed E-state index contributed by atoms with van der Waals surface area (Å²) in [5, 5.41) is 2.65. The number of amidine groups is 1. The van der Waals surface area contributed by atoms with Gasteiger partial charge in [-0.15, -0.1) is 4.40 Å². The molecule has 3 heterocycles. The first kappa shape index (κ1) is 20.0. The molecule has 0 atom stereocenters. The Hall–Kier alpha value is -3.98. The van der Waals surface area contributed by atoms with E-state index in [4.69, 9.17) is 4.42 Å². The van der Waals surface area contributed by atoms with Crippen molar-refractivity contribution < 1.29 is 17.6 Å². The fourth-order valence-electron chi connectivity index (χ4n) is 3.51. The Labute approximate surface area is 184 Å². The predicted molar refractivity (Wildman–Crippen MR) is 121 cm³/mol. The van der Waals surface area contributed by atoms with Gasteiger partial charge in [0.05, 0.1) is 11.3 Å². The van der Waals surface area contributed by atoms with E-state index in [1.807, 2.05) is 60.7 Å². The van der Waals surface area contributed by atoms with Gasteiger partial charge in [0.2, 0.25) is 0 Å². The number of hydrogen-bond donors (Lipinski definition) is 1. The smallest absolute Gasteiger partial charge is 0.302 e. The maximum atomic E-state index is 13.0. The van der Waals surface area contributed by atoms with Crippen molar-refractivity contribution in [1.29, 1.82) is 0 Å². The van der Waals surface area contributed by atoms with Gasteiger partial charge in [0.1, 0.15) is 5.69 Å². The molecule has 3 aromatic rings. The Balaban J connectivity index is 1.50. The molecule has 1 amide bonds. The SMILES string of the molecule is O=C(Nc1nc(-c2ccccc2)c(-c2ccccc2)o1)C1=CC=CN2CCS(=O)(=O)N=C12. The van der Waals surface area contributed by atoms with Crippen LogP contribution in [0, 0.1) is 0 Å². The first-order chi connectivity index (χ1) is 15.5. The number of oxazole rings is 1. The molecule has 0 saturated carbocycles. The summed E-state index contributed by atoms with van der Waals surface area (Å²) in [4.78, 5) is 19.2. The molecule has 160 valence electrons. The largest absolute Gasteiger partial charge is 0.423 e. The number of sulfonamides is 1. The summed E-state index contributed by atoms with van der Waals surface area (Å²) in [5.41, 5.74) is 2.36.